The molecule has 0 fully saturated rings. The minimum Gasteiger partial charge on any atom is -0.481 e. The number of amides is 2. The van der Waals surface area contributed by atoms with E-state index in [1.165, 1.54) is 14.0 Å². The Labute approximate surface area is 99.5 Å². The second-order valence-electron chi connectivity index (χ2n) is 3.83. The number of aliphatic carboxylic acids is 1. The van der Waals surface area contributed by atoms with Crippen molar-refractivity contribution >= 4 is 18.0 Å². The fourth-order valence-corrected chi connectivity index (χ4v) is 0.914. The van der Waals surface area contributed by atoms with Crippen LogP contribution in [0.1, 0.15) is 20.3 Å². The van der Waals surface area contributed by atoms with Gasteiger partial charge >= 0.3 is 18.0 Å². The van der Waals surface area contributed by atoms with E-state index in [1.807, 2.05) is 0 Å². The molecule has 2 amide bonds. The summed E-state index contributed by atoms with van der Waals surface area (Å²) in [4.78, 5) is 32.9. The first-order chi connectivity index (χ1) is 7.85. The number of hydrogen-bond acceptors (Lipinski definition) is 4. The molecule has 0 saturated carbocycles. The summed E-state index contributed by atoms with van der Waals surface area (Å²) >= 11 is 0. The Morgan fingerprint density at radius 2 is 1.88 bits per heavy atom. The normalized spacial score (nSPS) is 13.4. The molecule has 0 spiro atoms. The van der Waals surface area contributed by atoms with Crippen LogP contribution in [0, 0.1) is 5.41 Å². The minimum absolute atomic E-state index is 0.00810. The first-order valence-corrected chi connectivity index (χ1v) is 5.17. The Hall–Kier alpha value is -1.79. The van der Waals surface area contributed by atoms with Gasteiger partial charge in [0.1, 0.15) is 6.54 Å². The van der Waals surface area contributed by atoms with Gasteiger partial charge in [-0.2, -0.15) is 0 Å². The van der Waals surface area contributed by atoms with Crippen molar-refractivity contribution in [2.24, 2.45) is 5.41 Å². The van der Waals surface area contributed by atoms with Crippen LogP contribution in [-0.4, -0.2) is 43.3 Å². The minimum atomic E-state index is -1.01. The van der Waals surface area contributed by atoms with Gasteiger partial charge in [-0.3, -0.25) is 9.59 Å². The predicted octanol–water partition coefficient (Wildman–Crippen LogP) is -0.0405. The Kier molecular flexibility index (Phi) is 6.01. The maximum atomic E-state index is 11.2. The summed E-state index contributed by atoms with van der Waals surface area (Å²) < 4.78 is 4.33. The van der Waals surface area contributed by atoms with Crippen LogP contribution >= 0.6 is 0 Å². The Bertz CT molecular complexity index is 305. The van der Waals surface area contributed by atoms with Crippen LogP contribution in [0.2, 0.25) is 0 Å². The highest BCUT2D eigenvalue weighted by atomic mass is 16.5. The van der Waals surface area contributed by atoms with Crippen LogP contribution in [0.25, 0.3) is 0 Å². The van der Waals surface area contributed by atoms with E-state index >= 15 is 0 Å². The molecule has 98 valence electrons. The van der Waals surface area contributed by atoms with Gasteiger partial charge in [0, 0.05) is 6.54 Å². The molecule has 0 saturated heterocycles. The third-order valence-electron chi connectivity index (χ3n) is 2.56. The molecule has 0 rings (SSSR count). The predicted molar refractivity (Wildman–Crippen MR) is 59.5 cm³/mol. The monoisotopic (exact) mass is 246 g/mol. The van der Waals surface area contributed by atoms with Gasteiger partial charge in [0.2, 0.25) is 0 Å². The van der Waals surface area contributed by atoms with E-state index < -0.39 is 23.4 Å². The zero-order valence-electron chi connectivity index (χ0n) is 10.2. The molecule has 17 heavy (non-hydrogen) atoms. The number of methoxy groups -OCH3 is 1. The zero-order valence-corrected chi connectivity index (χ0v) is 10.2. The summed E-state index contributed by atoms with van der Waals surface area (Å²) in [6.07, 6.45) is 0.389. The van der Waals surface area contributed by atoms with E-state index in [2.05, 4.69) is 15.4 Å². The van der Waals surface area contributed by atoms with Crippen LogP contribution in [-0.2, 0) is 14.3 Å². The highest BCUT2D eigenvalue weighted by Crippen LogP contribution is 2.19. The standard InChI is InChI=1S/C10H18N2O5/c1-4-10(2,8(14)15)6-12-9(16)11-5-7(13)17-3/h4-6H2,1-3H3,(H,14,15)(H2,11,12,16). The Morgan fingerprint density at radius 1 is 1.29 bits per heavy atom. The van der Waals surface area contributed by atoms with Crippen LogP contribution < -0.4 is 10.6 Å². The van der Waals surface area contributed by atoms with Crippen LogP contribution in [0.15, 0.2) is 0 Å². The molecule has 0 aromatic heterocycles. The highest BCUT2D eigenvalue weighted by molar-refractivity contribution is 5.81. The maximum Gasteiger partial charge on any atom is 0.325 e. The topological polar surface area (TPSA) is 105 Å². The number of carboxylic acid groups (broad SMARTS) is 1. The van der Waals surface area contributed by atoms with Crippen LogP contribution in [0.4, 0.5) is 4.79 Å². The van der Waals surface area contributed by atoms with Gasteiger partial charge in [0.25, 0.3) is 0 Å². The van der Waals surface area contributed by atoms with Gasteiger partial charge in [-0.1, -0.05) is 6.92 Å². The molecular formula is C10H18N2O5. The van der Waals surface area contributed by atoms with Crippen LogP contribution in [0.5, 0.6) is 0 Å². The van der Waals surface area contributed by atoms with E-state index in [0.29, 0.717) is 6.42 Å². The molecule has 0 aromatic carbocycles. The molecule has 1 atom stereocenters. The van der Waals surface area contributed by atoms with Crippen LogP contribution in [0.3, 0.4) is 0 Å². The number of urea groups is 1. The number of carbonyl (C=O) groups is 3. The van der Waals surface area contributed by atoms with Crippen molar-refractivity contribution < 1.29 is 24.2 Å². The molecular weight excluding hydrogens is 228 g/mol. The van der Waals surface area contributed by atoms with E-state index in [1.54, 1.807) is 6.92 Å². The van der Waals surface area contributed by atoms with E-state index in [-0.39, 0.29) is 13.1 Å². The van der Waals surface area contributed by atoms with Crippen molar-refractivity contribution in [3.63, 3.8) is 0 Å². The second-order valence-corrected chi connectivity index (χ2v) is 3.83. The molecule has 1 unspecified atom stereocenters. The molecule has 0 radical (unpaired) electrons. The lowest BCUT2D eigenvalue weighted by molar-refractivity contribution is -0.147. The van der Waals surface area contributed by atoms with Crippen molar-refractivity contribution in [3.8, 4) is 0 Å². The molecule has 0 aromatic rings. The highest BCUT2D eigenvalue weighted by Gasteiger charge is 2.31. The summed E-state index contributed by atoms with van der Waals surface area (Å²) in [5, 5.41) is 13.6. The quantitative estimate of drug-likeness (QED) is 0.570. The number of nitrogens with one attached hydrogen (secondary N) is 2. The van der Waals surface area contributed by atoms with E-state index in [9.17, 15) is 14.4 Å². The average Bonchev–Trinajstić information content (AvgIpc) is 2.32. The number of esters is 1. The fourth-order valence-electron chi connectivity index (χ4n) is 0.914. The van der Waals surface area contributed by atoms with Crippen molar-refractivity contribution in [1.29, 1.82) is 0 Å². The Morgan fingerprint density at radius 3 is 2.29 bits per heavy atom. The summed E-state index contributed by atoms with van der Waals surface area (Å²) in [6.45, 7) is 3.00. The lowest BCUT2D eigenvalue weighted by atomic mass is 9.88. The lowest BCUT2D eigenvalue weighted by Gasteiger charge is -2.23. The van der Waals surface area contributed by atoms with Crippen molar-refractivity contribution in [2.75, 3.05) is 20.2 Å². The number of rotatable bonds is 6. The maximum absolute atomic E-state index is 11.2. The molecule has 0 aliphatic heterocycles. The molecule has 0 bridgehead atoms. The number of ether oxygens (including phenoxy) is 1. The summed E-state index contributed by atoms with van der Waals surface area (Å²) in [6, 6.07) is -0.601. The second kappa shape index (κ2) is 6.72. The lowest BCUT2D eigenvalue weighted by Crippen LogP contribution is -2.45. The SMILES string of the molecule is CCC(C)(CNC(=O)NCC(=O)OC)C(=O)O. The molecule has 7 heteroatoms. The summed E-state index contributed by atoms with van der Waals surface area (Å²) in [5.74, 6) is -1.55. The molecule has 0 heterocycles. The third kappa shape index (κ3) is 5.19. The van der Waals surface area contributed by atoms with Gasteiger partial charge in [0.15, 0.2) is 0 Å². The van der Waals surface area contributed by atoms with Gasteiger partial charge in [-0.25, -0.2) is 4.79 Å². The number of hydrogen-bond donors (Lipinski definition) is 3. The van der Waals surface area contributed by atoms with Gasteiger partial charge < -0.3 is 20.5 Å². The number of carboxylic acids is 1. The molecule has 7 nitrogen and oxygen atoms in total. The average molecular weight is 246 g/mol. The molecule has 3 N–H and O–H groups in total. The first-order valence-electron chi connectivity index (χ1n) is 5.17. The summed E-state index contributed by atoms with van der Waals surface area (Å²) in [7, 11) is 1.21. The Balaban J connectivity index is 4.06. The summed E-state index contributed by atoms with van der Waals surface area (Å²) in [5.41, 5.74) is -1.01. The third-order valence-corrected chi connectivity index (χ3v) is 2.56. The smallest absolute Gasteiger partial charge is 0.325 e. The van der Waals surface area contributed by atoms with Crippen molar-refractivity contribution in [1.82, 2.24) is 10.6 Å². The van der Waals surface area contributed by atoms with Gasteiger partial charge in [-0.05, 0) is 13.3 Å². The molecule has 0 aliphatic rings. The number of carbonyl (C=O) groups excluding carboxylic acids is 2. The van der Waals surface area contributed by atoms with Crippen molar-refractivity contribution in [3.05, 3.63) is 0 Å². The first kappa shape index (κ1) is 15.2. The largest absolute Gasteiger partial charge is 0.481 e. The van der Waals surface area contributed by atoms with E-state index in [0.717, 1.165) is 0 Å². The van der Waals surface area contributed by atoms with Gasteiger partial charge in [0.05, 0.1) is 12.5 Å². The molecule has 0 aliphatic carbocycles. The van der Waals surface area contributed by atoms with Gasteiger partial charge in [-0.15, -0.1) is 0 Å². The zero-order chi connectivity index (χ0) is 13.5. The fraction of sp³-hybridized carbons (Fsp3) is 0.700. The van der Waals surface area contributed by atoms with Crippen molar-refractivity contribution in [2.45, 2.75) is 20.3 Å². The van der Waals surface area contributed by atoms with E-state index in [4.69, 9.17) is 5.11 Å².